The molecule has 0 radical (unpaired) electrons. The van der Waals surface area contributed by atoms with E-state index < -0.39 is 28.1 Å². The summed E-state index contributed by atoms with van der Waals surface area (Å²) in [5.74, 6) is -2.24. The summed E-state index contributed by atoms with van der Waals surface area (Å²) in [4.78, 5) is 21.8. The van der Waals surface area contributed by atoms with Gasteiger partial charge in [-0.05, 0) is 18.2 Å². The van der Waals surface area contributed by atoms with Gasteiger partial charge in [0.15, 0.2) is 17.3 Å². The second kappa shape index (κ2) is 4.37. The highest BCUT2D eigenvalue weighted by molar-refractivity contribution is 6.15. The van der Waals surface area contributed by atoms with Gasteiger partial charge in [0.1, 0.15) is 10.7 Å². The molecule has 1 aromatic heterocycles. The lowest BCUT2D eigenvalue weighted by molar-refractivity contribution is -0.402. The number of fused-ring (bicyclic) bond motifs is 1. The normalized spacial score (nSPS) is 15.0. The lowest BCUT2D eigenvalue weighted by atomic mass is 10.1. The van der Waals surface area contributed by atoms with Crippen LogP contribution in [0.15, 0.2) is 34.4 Å². The van der Waals surface area contributed by atoms with Gasteiger partial charge >= 0.3 is 5.88 Å². The van der Waals surface area contributed by atoms with Crippen molar-refractivity contribution in [3.05, 3.63) is 51.5 Å². The van der Waals surface area contributed by atoms with Crippen LogP contribution in [-0.2, 0) is 0 Å². The van der Waals surface area contributed by atoms with Crippen molar-refractivity contribution in [2.24, 2.45) is 0 Å². The van der Waals surface area contributed by atoms with E-state index in [1.165, 1.54) is 18.2 Å². The first kappa shape index (κ1) is 12.7. The molecule has 8 heteroatoms. The number of ether oxygens (including phenoxy) is 1. The number of ketones is 1. The number of hydrogen-bond acceptors (Lipinski definition) is 7. The molecule has 1 aromatic carbocycles. The summed E-state index contributed by atoms with van der Waals surface area (Å²) >= 11 is 0. The standard InChI is InChI=1S/C13H7NO7/c15-8-3-2-7-11(16)9(21-13(7)12(8)17)5-6-1-4-10(20-6)14(18)19/h1-5,15,17H. The van der Waals surface area contributed by atoms with E-state index in [0.717, 1.165) is 12.1 Å². The molecule has 0 saturated carbocycles. The second-order valence-corrected chi connectivity index (χ2v) is 4.18. The van der Waals surface area contributed by atoms with Crippen molar-refractivity contribution in [3.8, 4) is 17.2 Å². The number of nitro groups is 1. The third-order valence-corrected chi connectivity index (χ3v) is 2.86. The van der Waals surface area contributed by atoms with Crippen molar-refractivity contribution in [1.29, 1.82) is 0 Å². The van der Waals surface area contributed by atoms with Crippen molar-refractivity contribution in [2.75, 3.05) is 0 Å². The Hall–Kier alpha value is -3.29. The van der Waals surface area contributed by atoms with Crippen molar-refractivity contribution in [2.45, 2.75) is 0 Å². The minimum absolute atomic E-state index is 0.0570. The topological polar surface area (TPSA) is 123 Å². The second-order valence-electron chi connectivity index (χ2n) is 4.18. The summed E-state index contributed by atoms with van der Waals surface area (Å²) in [6, 6.07) is 4.92. The van der Waals surface area contributed by atoms with Crippen LogP contribution < -0.4 is 4.74 Å². The number of Topliss-reactive ketones (excluding diaryl/α,β-unsaturated/α-hetero) is 1. The zero-order valence-corrected chi connectivity index (χ0v) is 10.3. The van der Waals surface area contributed by atoms with Crippen LogP contribution in [0.2, 0.25) is 0 Å². The average molecular weight is 289 g/mol. The zero-order valence-electron chi connectivity index (χ0n) is 10.3. The van der Waals surface area contributed by atoms with Crippen molar-refractivity contribution in [1.82, 2.24) is 0 Å². The number of aromatic hydroxyl groups is 2. The van der Waals surface area contributed by atoms with Gasteiger partial charge in [-0.2, -0.15) is 0 Å². The summed E-state index contributed by atoms with van der Waals surface area (Å²) in [7, 11) is 0. The molecule has 21 heavy (non-hydrogen) atoms. The minimum atomic E-state index is -0.710. The smallest absolute Gasteiger partial charge is 0.433 e. The number of allylic oxidation sites excluding steroid dienone is 1. The minimum Gasteiger partial charge on any atom is -0.504 e. The third kappa shape index (κ3) is 1.98. The number of rotatable bonds is 2. The van der Waals surface area contributed by atoms with Gasteiger partial charge in [-0.3, -0.25) is 14.9 Å². The molecule has 0 aliphatic carbocycles. The number of furan rings is 1. The summed E-state index contributed by atoms with van der Waals surface area (Å²) in [6.45, 7) is 0. The molecule has 1 aliphatic heterocycles. The first-order valence-electron chi connectivity index (χ1n) is 5.71. The van der Waals surface area contributed by atoms with Crippen molar-refractivity contribution < 1.29 is 29.1 Å². The Bertz CT molecular complexity index is 803. The summed E-state index contributed by atoms with van der Waals surface area (Å²) in [6.07, 6.45) is 1.17. The number of phenolic OH excluding ortho intramolecular Hbond substituents is 2. The number of hydrogen-bond donors (Lipinski definition) is 2. The SMILES string of the molecule is O=C1C(=Cc2ccc([N+](=O)[O-])o2)Oc2c1ccc(O)c2O. The van der Waals surface area contributed by atoms with Crippen LogP contribution in [0.4, 0.5) is 5.88 Å². The molecule has 2 aromatic rings. The monoisotopic (exact) mass is 289 g/mol. The molecule has 0 fully saturated rings. The van der Waals surface area contributed by atoms with E-state index in [-0.39, 0.29) is 22.8 Å². The highest BCUT2D eigenvalue weighted by Crippen LogP contribution is 2.44. The molecule has 0 spiro atoms. The van der Waals surface area contributed by atoms with Crippen LogP contribution in [0, 0.1) is 10.1 Å². The molecule has 2 N–H and O–H groups in total. The summed E-state index contributed by atoms with van der Waals surface area (Å²) in [5.41, 5.74) is 0.0811. The van der Waals surface area contributed by atoms with Crippen LogP contribution >= 0.6 is 0 Å². The predicted octanol–water partition coefficient (Wildman–Crippen LogP) is 2.22. The molecule has 8 nitrogen and oxygen atoms in total. The van der Waals surface area contributed by atoms with Crippen LogP contribution in [0.5, 0.6) is 17.2 Å². The fourth-order valence-electron chi connectivity index (χ4n) is 1.87. The van der Waals surface area contributed by atoms with Gasteiger partial charge in [-0.25, -0.2) is 0 Å². The van der Waals surface area contributed by atoms with E-state index in [1.807, 2.05) is 0 Å². The number of carbonyl (C=O) groups is 1. The summed E-state index contributed by atoms with van der Waals surface area (Å²) < 4.78 is 10.1. The molecular formula is C13H7NO7. The Morgan fingerprint density at radius 3 is 2.62 bits per heavy atom. The first-order chi connectivity index (χ1) is 9.97. The van der Waals surface area contributed by atoms with E-state index in [0.29, 0.717) is 0 Å². The predicted molar refractivity (Wildman–Crippen MR) is 68.1 cm³/mol. The van der Waals surface area contributed by atoms with Crippen molar-refractivity contribution >= 4 is 17.7 Å². The fraction of sp³-hybridized carbons (Fsp3) is 0. The molecule has 1 aliphatic rings. The summed E-state index contributed by atoms with van der Waals surface area (Å²) in [5, 5.41) is 29.5. The third-order valence-electron chi connectivity index (χ3n) is 2.86. The number of benzene rings is 1. The first-order valence-corrected chi connectivity index (χ1v) is 5.71. The Kier molecular flexibility index (Phi) is 2.65. The molecule has 0 unspecified atom stereocenters. The Morgan fingerprint density at radius 2 is 1.95 bits per heavy atom. The van der Waals surface area contributed by atoms with Gasteiger partial charge in [-0.15, -0.1) is 0 Å². The molecule has 0 atom stereocenters. The number of phenols is 2. The van der Waals surface area contributed by atoms with Gasteiger partial charge < -0.3 is 19.4 Å². The molecular weight excluding hydrogens is 282 g/mol. The molecule has 3 rings (SSSR count). The Balaban J connectivity index is 1.98. The average Bonchev–Trinajstić information content (AvgIpc) is 3.02. The lowest BCUT2D eigenvalue weighted by Gasteiger charge is -2.01. The highest BCUT2D eigenvalue weighted by Gasteiger charge is 2.31. The van der Waals surface area contributed by atoms with Crippen molar-refractivity contribution in [3.63, 3.8) is 0 Å². The van der Waals surface area contributed by atoms with Crippen LogP contribution in [0.1, 0.15) is 16.1 Å². The maximum atomic E-state index is 12.0. The van der Waals surface area contributed by atoms with E-state index >= 15 is 0 Å². The molecule has 0 bridgehead atoms. The number of carbonyl (C=O) groups excluding carboxylic acids is 1. The van der Waals surface area contributed by atoms with E-state index in [1.54, 1.807) is 0 Å². The van der Waals surface area contributed by atoms with E-state index in [9.17, 15) is 25.1 Å². The zero-order chi connectivity index (χ0) is 15.1. The highest BCUT2D eigenvalue weighted by atomic mass is 16.6. The molecule has 0 saturated heterocycles. The van der Waals surface area contributed by atoms with Crippen LogP contribution in [0.3, 0.4) is 0 Å². The van der Waals surface area contributed by atoms with E-state index in [2.05, 4.69) is 0 Å². The number of nitrogens with zero attached hydrogens (tertiary/aromatic N) is 1. The molecule has 0 amide bonds. The maximum absolute atomic E-state index is 12.0. The van der Waals surface area contributed by atoms with Gasteiger partial charge in [-0.1, -0.05) is 0 Å². The van der Waals surface area contributed by atoms with Crippen LogP contribution in [0.25, 0.3) is 6.08 Å². The van der Waals surface area contributed by atoms with E-state index in [4.69, 9.17) is 9.15 Å². The largest absolute Gasteiger partial charge is 0.504 e. The van der Waals surface area contributed by atoms with Gasteiger partial charge in [0, 0.05) is 6.08 Å². The Labute approximate surface area is 116 Å². The molecule has 106 valence electrons. The Morgan fingerprint density at radius 1 is 1.19 bits per heavy atom. The van der Waals surface area contributed by atoms with Gasteiger partial charge in [0.05, 0.1) is 11.6 Å². The van der Waals surface area contributed by atoms with Gasteiger partial charge in [0.25, 0.3) is 0 Å². The molecule has 2 heterocycles. The van der Waals surface area contributed by atoms with Crippen LogP contribution in [-0.4, -0.2) is 20.9 Å². The lowest BCUT2D eigenvalue weighted by Crippen LogP contribution is -1.97. The maximum Gasteiger partial charge on any atom is 0.433 e. The fourth-order valence-corrected chi connectivity index (χ4v) is 1.87. The van der Waals surface area contributed by atoms with Gasteiger partial charge in [0.2, 0.25) is 11.5 Å². The quantitative estimate of drug-likeness (QED) is 0.376.